The van der Waals surface area contributed by atoms with Gasteiger partial charge >= 0.3 is 0 Å². The summed E-state index contributed by atoms with van der Waals surface area (Å²) in [7, 11) is 0. The molecule has 0 amide bonds. The SMILES string of the molecule is CC(C)(C(=O)n1ccnc1)c1ccccc1. The van der Waals surface area contributed by atoms with Crippen LogP contribution in [-0.4, -0.2) is 15.5 Å². The summed E-state index contributed by atoms with van der Waals surface area (Å²) in [5, 5.41) is 0. The van der Waals surface area contributed by atoms with E-state index in [0.29, 0.717) is 0 Å². The van der Waals surface area contributed by atoms with Gasteiger partial charge in [0.15, 0.2) is 0 Å². The Bertz CT molecular complexity index is 472. The molecule has 1 heterocycles. The van der Waals surface area contributed by atoms with Gasteiger partial charge in [-0.1, -0.05) is 30.3 Å². The van der Waals surface area contributed by atoms with E-state index in [-0.39, 0.29) is 5.91 Å². The highest BCUT2D eigenvalue weighted by Gasteiger charge is 2.30. The van der Waals surface area contributed by atoms with Crippen molar-refractivity contribution in [2.24, 2.45) is 0 Å². The van der Waals surface area contributed by atoms with Crippen molar-refractivity contribution >= 4 is 5.91 Å². The van der Waals surface area contributed by atoms with Gasteiger partial charge in [0.05, 0.1) is 5.41 Å². The number of benzene rings is 1. The molecular formula is C13H14N2O. The summed E-state index contributed by atoms with van der Waals surface area (Å²) < 4.78 is 1.52. The van der Waals surface area contributed by atoms with E-state index in [2.05, 4.69) is 4.98 Å². The average molecular weight is 214 g/mol. The van der Waals surface area contributed by atoms with Gasteiger partial charge in [-0.2, -0.15) is 0 Å². The number of carbonyl (C=O) groups is 1. The number of hydrogen-bond acceptors (Lipinski definition) is 2. The van der Waals surface area contributed by atoms with E-state index in [0.717, 1.165) is 5.56 Å². The molecule has 82 valence electrons. The molecular weight excluding hydrogens is 200 g/mol. The predicted octanol–water partition coefficient (Wildman–Crippen LogP) is 2.50. The smallest absolute Gasteiger partial charge is 0.241 e. The van der Waals surface area contributed by atoms with E-state index in [4.69, 9.17) is 0 Å². The fourth-order valence-corrected chi connectivity index (χ4v) is 1.68. The first-order chi connectivity index (χ1) is 7.62. The van der Waals surface area contributed by atoms with E-state index in [9.17, 15) is 4.79 Å². The van der Waals surface area contributed by atoms with Crippen LogP contribution in [0.5, 0.6) is 0 Å². The Balaban J connectivity index is 2.36. The molecule has 0 aliphatic carbocycles. The lowest BCUT2D eigenvalue weighted by Gasteiger charge is -2.23. The Labute approximate surface area is 94.7 Å². The maximum absolute atomic E-state index is 12.3. The van der Waals surface area contributed by atoms with E-state index in [1.165, 1.54) is 10.9 Å². The molecule has 0 saturated heterocycles. The molecule has 0 aliphatic rings. The van der Waals surface area contributed by atoms with E-state index < -0.39 is 5.41 Å². The fourth-order valence-electron chi connectivity index (χ4n) is 1.68. The second-order valence-electron chi connectivity index (χ2n) is 4.27. The lowest BCUT2D eigenvalue weighted by Crippen LogP contribution is -2.33. The third-order valence-electron chi connectivity index (χ3n) is 2.77. The number of rotatable bonds is 2. The van der Waals surface area contributed by atoms with Crippen molar-refractivity contribution in [3.05, 3.63) is 54.6 Å². The van der Waals surface area contributed by atoms with Crippen LogP contribution in [0, 0.1) is 0 Å². The largest absolute Gasteiger partial charge is 0.276 e. The van der Waals surface area contributed by atoms with Gasteiger partial charge in [0, 0.05) is 12.4 Å². The van der Waals surface area contributed by atoms with Crippen molar-refractivity contribution in [2.45, 2.75) is 19.3 Å². The van der Waals surface area contributed by atoms with Crippen molar-refractivity contribution in [3.8, 4) is 0 Å². The number of aromatic nitrogens is 2. The lowest BCUT2D eigenvalue weighted by atomic mass is 9.84. The molecule has 2 rings (SSSR count). The maximum Gasteiger partial charge on any atom is 0.241 e. The summed E-state index contributed by atoms with van der Waals surface area (Å²) in [6.07, 6.45) is 4.82. The summed E-state index contributed by atoms with van der Waals surface area (Å²) in [6.45, 7) is 3.84. The van der Waals surface area contributed by atoms with Gasteiger partial charge in [0.2, 0.25) is 5.91 Å². The quantitative estimate of drug-likeness (QED) is 0.769. The average Bonchev–Trinajstić information content (AvgIpc) is 2.82. The molecule has 0 radical (unpaired) electrons. The summed E-state index contributed by atoms with van der Waals surface area (Å²) in [5.41, 5.74) is 0.468. The van der Waals surface area contributed by atoms with Crippen molar-refractivity contribution in [1.29, 1.82) is 0 Å². The topological polar surface area (TPSA) is 34.9 Å². The molecule has 0 atom stereocenters. The van der Waals surface area contributed by atoms with Crippen LogP contribution in [0.4, 0.5) is 0 Å². The minimum absolute atomic E-state index is 0.0243. The molecule has 0 fully saturated rings. The zero-order valence-corrected chi connectivity index (χ0v) is 9.42. The van der Waals surface area contributed by atoms with Gasteiger partial charge in [-0.15, -0.1) is 0 Å². The second kappa shape index (κ2) is 3.93. The molecule has 2 aromatic rings. The highest BCUT2D eigenvalue weighted by molar-refractivity contribution is 5.89. The van der Waals surface area contributed by atoms with Crippen LogP contribution in [-0.2, 0) is 5.41 Å². The van der Waals surface area contributed by atoms with Crippen molar-refractivity contribution in [1.82, 2.24) is 9.55 Å². The van der Waals surface area contributed by atoms with E-state index >= 15 is 0 Å². The van der Waals surface area contributed by atoms with Crippen LogP contribution >= 0.6 is 0 Å². The Morgan fingerprint density at radius 1 is 1.25 bits per heavy atom. The van der Waals surface area contributed by atoms with Crippen LogP contribution in [0.2, 0.25) is 0 Å². The standard InChI is InChI=1S/C13H14N2O/c1-13(2,11-6-4-3-5-7-11)12(16)15-9-8-14-10-15/h3-10H,1-2H3. The first-order valence-electron chi connectivity index (χ1n) is 5.20. The van der Waals surface area contributed by atoms with Gasteiger partial charge in [-0.3, -0.25) is 9.36 Å². The fraction of sp³-hybridized carbons (Fsp3) is 0.231. The molecule has 0 bridgehead atoms. The summed E-state index contributed by atoms with van der Waals surface area (Å²) in [5.74, 6) is 0.0243. The molecule has 0 aliphatic heterocycles. The van der Waals surface area contributed by atoms with Crippen molar-refractivity contribution in [2.75, 3.05) is 0 Å². The summed E-state index contributed by atoms with van der Waals surface area (Å²) >= 11 is 0. The first-order valence-corrected chi connectivity index (χ1v) is 5.20. The molecule has 3 nitrogen and oxygen atoms in total. The molecule has 0 spiro atoms. The molecule has 3 heteroatoms. The van der Waals surface area contributed by atoms with Crippen molar-refractivity contribution in [3.63, 3.8) is 0 Å². The van der Waals surface area contributed by atoms with Crippen LogP contribution in [0.3, 0.4) is 0 Å². The Kier molecular flexibility index (Phi) is 2.60. The van der Waals surface area contributed by atoms with Gasteiger partial charge in [-0.05, 0) is 19.4 Å². The Hall–Kier alpha value is -1.90. The Morgan fingerprint density at radius 3 is 2.50 bits per heavy atom. The highest BCUT2D eigenvalue weighted by Crippen LogP contribution is 2.24. The molecule has 0 saturated carbocycles. The van der Waals surface area contributed by atoms with Crippen LogP contribution in [0.25, 0.3) is 0 Å². The monoisotopic (exact) mass is 214 g/mol. The lowest BCUT2D eigenvalue weighted by molar-refractivity contribution is 0.0821. The number of nitrogens with zero attached hydrogens (tertiary/aromatic N) is 2. The van der Waals surface area contributed by atoms with Gasteiger partial charge in [0.25, 0.3) is 0 Å². The number of imidazole rings is 1. The first kappa shape index (κ1) is 10.6. The van der Waals surface area contributed by atoms with Crippen molar-refractivity contribution < 1.29 is 4.79 Å². The molecule has 0 unspecified atom stereocenters. The molecule has 1 aromatic heterocycles. The van der Waals surface area contributed by atoms with E-state index in [1.54, 1.807) is 12.4 Å². The minimum atomic E-state index is -0.540. The minimum Gasteiger partial charge on any atom is -0.276 e. The molecule has 1 aromatic carbocycles. The second-order valence-corrected chi connectivity index (χ2v) is 4.27. The maximum atomic E-state index is 12.3. The third-order valence-corrected chi connectivity index (χ3v) is 2.77. The molecule has 16 heavy (non-hydrogen) atoms. The summed E-state index contributed by atoms with van der Waals surface area (Å²) in [6, 6.07) is 9.77. The zero-order chi connectivity index (χ0) is 11.6. The predicted molar refractivity (Wildman–Crippen MR) is 62.3 cm³/mol. The van der Waals surface area contributed by atoms with Gasteiger partial charge in [-0.25, -0.2) is 4.98 Å². The normalized spacial score (nSPS) is 11.4. The third kappa shape index (κ3) is 1.76. The van der Waals surface area contributed by atoms with Crippen LogP contribution < -0.4 is 0 Å². The Morgan fingerprint density at radius 2 is 1.94 bits per heavy atom. The van der Waals surface area contributed by atoms with Crippen LogP contribution in [0.15, 0.2) is 49.1 Å². The molecule has 0 N–H and O–H groups in total. The zero-order valence-electron chi connectivity index (χ0n) is 9.42. The summed E-state index contributed by atoms with van der Waals surface area (Å²) in [4.78, 5) is 16.1. The van der Waals surface area contributed by atoms with Gasteiger partial charge in [0.1, 0.15) is 6.33 Å². The number of hydrogen-bond donors (Lipinski definition) is 0. The highest BCUT2D eigenvalue weighted by atomic mass is 16.2. The van der Waals surface area contributed by atoms with Crippen LogP contribution in [0.1, 0.15) is 24.2 Å². The number of carbonyl (C=O) groups excluding carboxylic acids is 1. The van der Waals surface area contributed by atoms with Gasteiger partial charge < -0.3 is 0 Å². The van der Waals surface area contributed by atoms with E-state index in [1.807, 2.05) is 44.2 Å².